The molecule has 0 heterocycles. The number of rotatable bonds is 3. The van der Waals surface area contributed by atoms with Gasteiger partial charge in [-0.15, -0.1) is 0 Å². The molecule has 6 heteroatoms. The summed E-state index contributed by atoms with van der Waals surface area (Å²) in [5.74, 6) is -0.0239. The zero-order valence-corrected chi connectivity index (χ0v) is 8.65. The number of amides is 1. The molecule has 0 saturated carbocycles. The van der Waals surface area contributed by atoms with Gasteiger partial charge in [-0.25, -0.2) is 0 Å². The summed E-state index contributed by atoms with van der Waals surface area (Å²) in [6.07, 6.45) is 0.748. The van der Waals surface area contributed by atoms with Gasteiger partial charge in [-0.3, -0.25) is 4.79 Å². The van der Waals surface area contributed by atoms with Gasteiger partial charge in [0.15, 0.2) is 0 Å². The monoisotopic (exact) mass is 228 g/mol. The van der Waals surface area contributed by atoms with E-state index in [0.717, 1.165) is 6.21 Å². The summed E-state index contributed by atoms with van der Waals surface area (Å²) in [6, 6.07) is 4.77. The highest BCUT2D eigenvalue weighted by molar-refractivity contribution is 6.33. The molecule has 0 aromatic heterocycles. The van der Waals surface area contributed by atoms with Gasteiger partial charge in [-0.05, 0) is 18.2 Å². The topological polar surface area (TPSA) is 70.9 Å². The third kappa shape index (κ3) is 3.14. The van der Waals surface area contributed by atoms with E-state index in [9.17, 15) is 4.79 Å². The van der Waals surface area contributed by atoms with E-state index in [2.05, 4.69) is 10.5 Å². The van der Waals surface area contributed by atoms with Crippen LogP contribution in [0.4, 0.5) is 5.69 Å². The van der Waals surface area contributed by atoms with Crippen LogP contribution in [-0.4, -0.2) is 24.4 Å². The van der Waals surface area contributed by atoms with Crippen LogP contribution in [0.25, 0.3) is 0 Å². The number of methoxy groups -OCH3 is 1. The number of carbonyl (C=O) groups is 1. The maximum absolute atomic E-state index is 11.0. The molecule has 0 bridgehead atoms. The maximum Gasteiger partial charge on any atom is 0.270 e. The molecule has 0 atom stereocenters. The van der Waals surface area contributed by atoms with Crippen LogP contribution in [-0.2, 0) is 4.79 Å². The fourth-order valence-electron chi connectivity index (χ4n) is 0.971. The first-order valence-corrected chi connectivity index (χ1v) is 4.37. The Morgan fingerprint density at radius 1 is 1.67 bits per heavy atom. The van der Waals surface area contributed by atoms with E-state index in [1.165, 1.54) is 13.2 Å². The number of hydrogen-bond acceptors (Lipinski definition) is 4. The molecule has 0 unspecified atom stereocenters. The van der Waals surface area contributed by atoms with Crippen molar-refractivity contribution in [3.05, 3.63) is 23.2 Å². The lowest BCUT2D eigenvalue weighted by Crippen LogP contribution is -2.12. The van der Waals surface area contributed by atoms with Gasteiger partial charge >= 0.3 is 0 Å². The largest absolute Gasteiger partial charge is 0.495 e. The Hall–Kier alpha value is -1.75. The van der Waals surface area contributed by atoms with Crippen molar-refractivity contribution in [1.29, 1.82) is 0 Å². The second-order valence-corrected chi connectivity index (χ2v) is 2.99. The van der Waals surface area contributed by atoms with Crippen LogP contribution >= 0.6 is 11.6 Å². The minimum absolute atomic E-state index is 0.385. The van der Waals surface area contributed by atoms with Crippen molar-refractivity contribution in [2.24, 2.45) is 5.16 Å². The average Bonchev–Trinajstić information content (AvgIpc) is 2.18. The van der Waals surface area contributed by atoms with E-state index >= 15 is 0 Å². The van der Waals surface area contributed by atoms with Gasteiger partial charge in [0.25, 0.3) is 5.91 Å². The summed E-state index contributed by atoms with van der Waals surface area (Å²) in [7, 11) is 1.50. The van der Waals surface area contributed by atoms with Crippen LogP contribution < -0.4 is 10.1 Å². The van der Waals surface area contributed by atoms with Gasteiger partial charge in [0.2, 0.25) is 0 Å². The smallest absolute Gasteiger partial charge is 0.270 e. The molecule has 80 valence electrons. The maximum atomic E-state index is 11.0. The quantitative estimate of drug-likeness (QED) is 0.470. The zero-order valence-electron chi connectivity index (χ0n) is 7.90. The van der Waals surface area contributed by atoms with Crippen molar-refractivity contribution in [1.82, 2.24) is 0 Å². The molecule has 1 rings (SSSR count). The van der Waals surface area contributed by atoms with Gasteiger partial charge in [0.05, 0.1) is 12.1 Å². The molecule has 1 aromatic rings. The lowest BCUT2D eigenvalue weighted by atomic mass is 10.3. The van der Waals surface area contributed by atoms with E-state index in [-0.39, 0.29) is 0 Å². The number of ether oxygens (including phenoxy) is 1. The highest BCUT2D eigenvalue weighted by atomic mass is 35.5. The van der Waals surface area contributed by atoms with Gasteiger partial charge in [-0.2, -0.15) is 0 Å². The van der Waals surface area contributed by atoms with Crippen LogP contribution in [0.5, 0.6) is 5.75 Å². The lowest BCUT2D eigenvalue weighted by Gasteiger charge is -2.05. The molecule has 2 N–H and O–H groups in total. The fraction of sp³-hybridized carbons (Fsp3) is 0.111. The fourth-order valence-corrected chi connectivity index (χ4v) is 1.23. The number of carbonyl (C=O) groups excluding carboxylic acids is 1. The molecule has 0 aliphatic rings. The second-order valence-electron chi connectivity index (χ2n) is 2.58. The molecule has 0 aliphatic carbocycles. The molecule has 0 spiro atoms. The predicted octanol–water partition coefficient (Wildman–Crippen LogP) is 1.75. The Morgan fingerprint density at radius 2 is 2.40 bits per heavy atom. The molecule has 15 heavy (non-hydrogen) atoms. The summed E-state index contributed by atoms with van der Waals surface area (Å²) >= 11 is 5.83. The minimum Gasteiger partial charge on any atom is -0.495 e. The Morgan fingerprint density at radius 3 is 2.93 bits per heavy atom. The molecule has 0 saturated heterocycles. The van der Waals surface area contributed by atoms with Crippen molar-refractivity contribution in [3.8, 4) is 5.75 Å². The van der Waals surface area contributed by atoms with Gasteiger partial charge < -0.3 is 15.3 Å². The van der Waals surface area contributed by atoms with E-state index in [0.29, 0.717) is 16.5 Å². The number of hydrogen-bond donors (Lipinski definition) is 2. The zero-order chi connectivity index (χ0) is 11.3. The first-order chi connectivity index (χ1) is 7.17. The molecular weight excluding hydrogens is 220 g/mol. The molecule has 0 fully saturated rings. The average molecular weight is 229 g/mol. The number of nitrogens with one attached hydrogen (secondary N) is 1. The highest BCUT2D eigenvalue weighted by Gasteiger charge is 2.03. The molecular formula is C9H9ClN2O3. The third-order valence-corrected chi connectivity index (χ3v) is 1.89. The van der Waals surface area contributed by atoms with Crippen molar-refractivity contribution < 1.29 is 14.7 Å². The van der Waals surface area contributed by atoms with Gasteiger partial charge in [0.1, 0.15) is 12.0 Å². The standard InChI is InChI=1S/C9H9ClN2O3/c1-15-8-3-2-6(4-7(8)10)12-9(13)5-11-14/h2-5,14H,1H3,(H,12,13). The Bertz CT molecular complexity index is 393. The number of nitrogens with zero attached hydrogens (tertiary/aromatic N) is 1. The van der Waals surface area contributed by atoms with E-state index < -0.39 is 5.91 Å². The first kappa shape index (κ1) is 11.3. The third-order valence-electron chi connectivity index (χ3n) is 1.59. The van der Waals surface area contributed by atoms with Crippen LogP contribution in [0.1, 0.15) is 0 Å². The van der Waals surface area contributed by atoms with Gasteiger partial charge in [-0.1, -0.05) is 16.8 Å². The number of anilines is 1. The minimum atomic E-state index is -0.543. The van der Waals surface area contributed by atoms with Gasteiger partial charge in [0, 0.05) is 5.69 Å². The SMILES string of the molecule is COc1ccc(NC(=O)C=NO)cc1Cl. The molecule has 5 nitrogen and oxygen atoms in total. The van der Waals surface area contributed by atoms with Crippen LogP contribution in [0, 0.1) is 0 Å². The summed E-state index contributed by atoms with van der Waals surface area (Å²) < 4.78 is 4.94. The summed E-state index contributed by atoms with van der Waals surface area (Å²) in [5, 5.41) is 13.5. The number of halogens is 1. The van der Waals surface area contributed by atoms with Crippen LogP contribution in [0.2, 0.25) is 5.02 Å². The lowest BCUT2D eigenvalue weighted by molar-refractivity contribution is -0.110. The molecule has 0 aliphatic heterocycles. The van der Waals surface area contributed by atoms with Crippen LogP contribution in [0.15, 0.2) is 23.4 Å². The molecule has 1 aromatic carbocycles. The Kier molecular flexibility index (Phi) is 3.93. The second kappa shape index (κ2) is 5.21. The van der Waals surface area contributed by atoms with E-state index in [4.69, 9.17) is 21.5 Å². The van der Waals surface area contributed by atoms with Crippen molar-refractivity contribution in [3.63, 3.8) is 0 Å². The first-order valence-electron chi connectivity index (χ1n) is 3.99. The molecule has 1 amide bonds. The predicted molar refractivity (Wildman–Crippen MR) is 56.9 cm³/mol. The van der Waals surface area contributed by atoms with Crippen molar-refractivity contribution >= 4 is 29.4 Å². The number of benzene rings is 1. The van der Waals surface area contributed by atoms with Crippen LogP contribution in [0.3, 0.4) is 0 Å². The highest BCUT2D eigenvalue weighted by Crippen LogP contribution is 2.26. The van der Waals surface area contributed by atoms with E-state index in [1.54, 1.807) is 12.1 Å². The summed E-state index contributed by atoms with van der Waals surface area (Å²) in [5.41, 5.74) is 0.491. The van der Waals surface area contributed by atoms with Crippen molar-refractivity contribution in [2.75, 3.05) is 12.4 Å². The normalized spacial score (nSPS) is 10.3. The number of oxime groups is 1. The Labute approximate surface area is 91.3 Å². The summed E-state index contributed by atoms with van der Waals surface area (Å²) in [4.78, 5) is 11.0. The molecule has 0 radical (unpaired) electrons. The summed E-state index contributed by atoms with van der Waals surface area (Å²) in [6.45, 7) is 0. The van der Waals surface area contributed by atoms with Crippen molar-refractivity contribution in [2.45, 2.75) is 0 Å². The Balaban J connectivity index is 2.79. The van der Waals surface area contributed by atoms with E-state index in [1.807, 2.05) is 0 Å².